The zero-order valence-electron chi connectivity index (χ0n) is 3.94. The molecule has 0 atom stereocenters. The quantitative estimate of drug-likeness (QED) is 0.515. The van der Waals surface area contributed by atoms with Crippen LogP contribution in [0.5, 0.6) is 0 Å². The Morgan fingerprint density at radius 1 is 1.78 bits per heavy atom. The van der Waals surface area contributed by atoms with Gasteiger partial charge in [0, 0.05) is 0 Å². The fourth-order valence-electron chi connectivity index (χ4n) is 0.284. The van der Waals surface area contributed by atoms with E-state index in [1.165, 1.54) is 0 Å². The van der Waals surface area contributed by atoms with E-state index >= 15 is 0 Å². The van der Waals surface area contributed by atoms with E-state index in [0.717, 1.165) is 11.5 Å². The topological polar surface area (TPSA) is 68.9 Å². The summed E-state index contributed by atoms with van der Waals surface area (Å²) >= 11 is 3.61. The maximum atomic E-state index is 9.99. The fraction of sp³-hybridized carbons (Fsp3) is 0. The van der Waals surface area contributed by atoms with Gasteiger partial charge in [0.1, 0.15) is 0 Å². The molecule has 1 aromatic rings. The van der Waals surface area contributed by atoms with Crippen LogP contribution >= 0.6 is 27.5 Å². The van der Waals surface area contributed by atoms with Crippen molar-refractivity contribution in [2.75, 3.05) is 0 Å². The van der Waals surface area contributed by atoms with Gasteiger partial charge in [-0.1, -0.05) is 4.49 Å². The first kappa shape index (κ1) is 6.56. The van der Waals surface area contributed by atoms with Crippen molar-refractivity contribution < 1.29 is 4.92 Å². The summed E-state index contributed by atoms with van der Waals surface area (Å²) in [7, 11) is 0. The van der Waals surface area contributed by atoms with Crippen LogP contribution in [0.4, 0.5) is 5.00 Å². The Balaban J connectivity index is 3.08. The molecule has 0 saturated heterocycles. The number of halogens is 1. The van der Waals surface area contributed by atoms with Crippen molar-refractivity contribution in [3.63, 3.8) is 0 Å². The molecule has 0 aliphatic carbocycles. The average molecular weight is 210 g/mol. The number of nitrogens with zero attached hydrogens (tertiary/aromatic N) is 3. The lowest BCUT2D eigenvalue weighted by Crippen LogP contribution is -1.83. The van der Waals surface area contributed by atoms with E-state index < -0.39 is 4.92 Å². The second-order valence-corrected chi connectivity index (χ2v) is 2.61. The van der Waals surface area contributed by atoms with E-state index in [2.05, 4.69) is 25.5 Å². The number of hydrogen-bond acceptors (Lipinski definition) is 5. The maximum Gasteiger partial charge on any atom is 0.377 e. The Hall–Kier alpha value is -0.560. The highest BCUT2D eigenvalue weighted by Crippen LogP contribution is 2.24. The molecule has 0 radical (unpaired) electrons. The Morgan fingerprint density at radius 3 is 2.67 bits per heavy atom. The molecule has 0 spiro atoms. The van der Waals surface area contributed by atoms with Crippen molar-refractivity contribution in [1.29, 1.82) is 0 Å². The van der Waals surface area contributed by atoms with Crippen LogP contribution in [0.25, 0.3) is 0 Å². The lowest BCUT2D eigenvalue weighted by atomic mass is 10.9. The highest BCUT2D eigenvalue weighted by molar-refractivity contribution is 9.10. The van der Waals surface area contributed by atoms with Crippen molar-refractivity contribution in [2.45, 2.75) is 0 Å². The van der Waals surface area contributed by atoms with Gasteiger partial charge in [0.15, 0.2) is 0 Å². The number of aromatic nitrogens is 2. The molecule has 0 fully saturated rings. The Kier molecular flexibility index (Phi) is 1.72. The highest BCUT2D eigenvalue weighted by Gasteiger charge is 2.15. The van der Waals surface area contributed by atoms with Gasteiger partial charge in [0.25, 0.3) is 0 Å². The summed E-state index contributed by atoms with van der Waals surface area (Å²) in [5.41, 5.74) is 0. The number of hydrogen-bond donors (Lipinski definition) is 0. The molecule has 48 valence electrons. The smallest absolute Gasteiger partial charge is 0.257 e. The fourth-order valence-corrected chi connectivity index (χ4v) is 1.21. The summed E-state index contributed by atoms with van der Waals surface area (Å²) in [5, 5.41) is 13.3. The van der Waals surface area contributed by atoms with Gasteiger partial charge >= 0.3 is 5.00 Å². The summed E-state index contributed by atoms with van der Waals surface area (Å²) in [4.78, 5) is 9.46. The van der Waals surface area contributed by atoms with Crippen molar-refractivity contribution >= 4 is 32.5 Å². The molecule has 0 aliphatic rings. The second-order valence-electron chi connectivity index (χ2n) is 1.13. The van der Waals surface area contributed by atoms with Crippen LogP contribution in [0, 0.1) is 10.1 Å². The first-order chi connectivity index (χ1) is 4.22. The summed E-state index contributed by atoms with van der Waals surface area (Å²) in [6, 6.07) is 0. The van der Waals surface area contributed by atoms with Crippen LogP contribution in [-0.2, 0) is 0 Å². The molecule has 0 saturated carbocycles. The summed E-state index contributed by atoms with van der Waals surface area (Å²) in [6.45, 7) is 0. The van der Waals surface area contributed by atoms with Crippen molar-refractivity contribution in [2.24, 2.45) is 0 Å². The monoisotopic (exact) mass is 209 g/mol. The molecule has 1 aromatic heterocycles. The molecule has 7 heteroatoms. The molecule has 0 aliphatic heterocycles. The summed E-state index contributed by atoms with van der Waals surface area (Å²) < 4.78 is 3.54. The molecule has 5 nitrogen and oxygen atoms in total. The van der Waals surface area contributed by atoms with Crippen LogP contribution in [0.15, 0.2) is 4.60 Å². The average Bonchev–Trinajstić information content (AvgIpc) is 2.13. The van der Waals surface area contributed by atoms with Gasteiger partial charge in [0.05, 0.1) is 16.5 Å². The van der Waals surface area contributed by atoms with E-state index in [9.17, 15) is 10.1 Å². The third kappa shape index (κ3) is 1.22. The van der Waals surface area contributed by atoms with E-state index in [0.29, 0.717) is 0 Å². The number of rotatable bonds is 1. The van der Waals surface area contributed by atoms with Gasteiger partial charge in [0.2, 0.25) is 4.60 Å². The van der Waals surface area contributed by atoms with Crippen LogP contribution < -0.4 is 0 Å². The maximum absolute atomic E-state index is 9.99. The third-order valence-electron chi connectivity index (χ3n) is 0.598. The summed E-state index contributed by atoms with van der Waals surface area (Å²) in [6.07, 6.45) is 0. The molecule has 1 rings (SSSR count). The van der Waals surface area contributed by atoms with Gasteiger partial charge in [-0.15, -0.1) is 5.10 Å². The minimum absolute atomic E-state index is 0.0602. The van der Waals surface area contributed by atoms with E-state index in [4.69, 9.17) is 0 Å². The third-order valence-corrected chi connectivity index (χ3v) is 2.07. The van der Waals surface area contributed by atoms with E-state index in [1.807, 2.05) is 0 Å². The predicted octanol–water partition coefficient (Wildman–Crippen LogP) is 1.21. The highest BCUT2D eigenvalue weighted by atomic mass is 79.9. The lowest BCUT2D eigenvalue weighted by molar-refractivity contribution is -0.381. The van der Waals surface area contributed by atoms with Gasteiger partial charge in [-0.25, -0.2) is 0 Å². The van der Waals surface area contributed by atoms with Crippen LogP contribution in [-0.4, -0.2) is 14.5 Å². The molecule has 0 bridgehead atoms. The van der Waals surface area contributed by atoms with Crippen molar-refractivity contribution in [1.82, 2.24) is 9.59 Å². The Labute approximate surface area is 62.1 Å². The minimum atomic E-state index is -0.533. The normalized spacial score (nSPS) is 9.44. The minimum Gasteiger partial charge on any atom is -0.257 e. The van der Waals surface area contributed by atoms with E-state index in [-0.39, 0.29) is 9.60 Å². The second kappa shape index (κ2) is 2.36. The lowest BCUT2D eigenvalue weighted by Gasteiger charge is -1.78. The first-order valence-electron chi connectivity index (χ1n) is 1.84. The van der Waals surface area contributed by atoms with Gasteiger partial charge in [-0.05, 0) is 15.9 Å². The Bertz CT molecular complexity index is 235. The summed E-state index contributed by atoms with van der Waals surface area (Å²) in [5.74, 6) is 0. The zero-order chi connectivity index (χ0) is 6.85. The number of nitro groups is 1. The molecule has 1 heterocycles. The van der Waals surface area contributed by atoms with Crippen molar-refractivity contribution in [3.8, 4) is 0 Å². The largest absolute Gasteiger partial charge is 0.377 e. The standard InChI is InChI=1S/C2BrN3O2S/c3-1-2(6(7)8)9-5-4-1. The van der Waals surface area contributed by atoms with Gasteiger partial charge in [-0.3, -0.25) is 10.1 Å². The van der Waals surface area contributed by atoms with E-state index in [1.54, 1.807) is 0 Å². The molecule has 9 heavy (non-hydrogen) atoms. The molecule has 0 unspecified atom stereocenters. The SMILES string of the molecule is O=[N+]([O-])c1snnc1Br. The zero-order valence-corrected chi connectivity index (χ0v) is 6.35. The predicted molar refractivity (Wildman–Crippen MR) is 34.3 cm³/mol. The van der Waals surface area contributed by atoms with Crippen molar-refractivity contribution in [3.05, 3.63) is 14.7 Å². The molecular formula is C2BrN3O2S. The molecular weight excluding hydrogens is 210 g/mol. The first-order valence-corrected chi connectivity index (χ1v) is 3.40. The molecule has 0 amide bonds. The van der Waals surface area contributed by atoms with Gasteiger partial charge < -0.3 is 0 Å². The molecule has 0 aromatic carbocycles. The molecule has 0 N–H and O–H groups in total. The van der Waals surface area contributed by atoms with Gasteiger partial charge in [-0.2, -0.15) is 0 Å². The van der Waals surface area contributed by atoms with Crippen LogP contribution in [0.2, 0.25) is 0 Å². The Morgan fingerprint density at radius 2 is 2.44 bits per heavy atom. The van der Waals surface area contributed by atoms with Crippen LogP contribution in [0.3, 0.4) is 0 Å². The van der Waals surface area contributed by atoms with Crippen LogP contribution in [0.1, 0.15) is 0 Å².